The molecule has 0 saturated heterocycles. The number of hydrogen-bond acceptors (Lipinski definition) is 4. The second-order valence-corrected chi connectivity index (χ2v) is 9.65. The van der Waals surface area contributed by atoms with Crippen molar-refractivity contribution in [1.29, 1.82) is 0 Å². The molecular weight excluding hydrogens is 434 g/mol. The van der Waals surface area contributed by atoms with Crippen LogP contribution in [-0.4, -0.2) is 18.6 Å². The lowest BCUT2D eigenvalue weighted by molar-refractivity contribution is 0.472. The van der Waals surface area contributed by atoms with Gasteiger partial charge in [-0.3, -0.25) is 4.72 Å². The summed E-state index contributed by atoms with van der Waals surface area (Å²) in [6.07, 6.45) is 0. The van der Waals surface area contributed by atoms with Crippen molar-refractivity contribution in [2.75, 3.05) is 4.72 Å². The molecule has 0 aliphatic carbocycles. The van der Waals surface area contributed by atoms with E-state index >= 15 is 0 Å². The minimum Gasteiger partial charge on any atom is -0.507 e. The molecule has 0 amide bonds. The smallest absolute Gasteiger partial charge is 0.261 e. The number of rotatable bonds is 4. The first-order valence-corrected chi connectivity index (χ1v) is 11.9. The SMILES string of the molecule is Cc1ccc(S(=O)(=O)Nc2cc(-c3c(O)ccc4ccccc34)c(O)c3ccccc23)cc1. The monoisotopic (exact) mass is 455 g/mol. The number of aromatic hydroxyl groups is 2. The predicted octanol–water partition coefficient (Wildman–Crippen LogP) is 6.18. The van der Waals surface area contributed by atoms with Gasteiger partial charge in [0.15, 0.2) is 0 Å². The Labute approximate surface area is 191 Å². The number of aryl methyl sites for hydroxylation is 1. The van der Waals surface area contributed by atoms with E-state index in [1.54, 1.807) is 66.7 Å². The molecule has 0 aliphatic heterocycles. The van der Waals surface area contributed by atoms with Gasteiger partial charge in [-0.2, -0.15) is 0 Å². The van der Waals surface area contributed by atoms with Crippen LogP contribution in [0.5, 0.6) is 11.5 Å². The zero-order valence-electron chi connectivity index (χ0n) is 17.8. The first-order chi connectivity index (χ1) is 15.8. The fourth-order valence-electron chi connectivity index (χ4n) is 4.10. The van der Waals surface area contributed by atoms with Gasteiger partial charge in [-0.25, -0.2) is 8.42 Å². The molecule has 6 heteroatoms. The van der Waals surface area contributed by atoms with Crippen molar-refractivity contribution < 1.29 is 18.6 Å². The largest absolute Gasteiger partial charge is 0.507 e. The Balaban J connectivity index is 1.76. The summed E-state index contributed by atoms with van der Waals surface area (Å²) in [4.78, 5) is 0.139. The standard InChI is InChI=1S/C27H21NO4S/c1-17-10-13-19(14-11-17)33(31,32)28-24-16-23(27(30)22-9-5-4-8-21(22)24)26-20-7-3-2-6-18(20)12-15-25(26)29/h2-16,28-30H,1H3. The van der Waals surface area contributed by atoms with Gasteiger partial charge in [0.1, 0.15) is 11.5 Å². The highest BCUT2D eigenvalue weighted by Crippen LogP contribution is 2.46. The molecule has 0 aliphatic rings. The fraction of sp³-hybridized carbons (Fsp3) is 0.0370. The summed E-state index contributed by atoms with van der Waals surface area (Å²) in [5.74, 6) is -0.0397. The Hall–Kier alpha value is -4.03. The van der Waals surface area contributed by atoms with Crippen LogP contribution in [0.4, 0.5) is 5.69 Å². The molecule has 0 saturated carbocycles. The van der Waals surface area contributed by atoms with Crippen LogP contribution >= 0.6 is 0 Å². The number of sulfonamides is 1. The highest BCUT2D eigenvalue weighted by molar-refractivity contribution is 7.92. The van der Waals surface area contributed by atoms with Crippen molar-refractivity contribution in [2.45, 2.75) is 11.8 Å². The molecule has 5 rings (SSSR count). The van der Waals surface area contributed by atoms with Crippen LogP contribution in [0.25, 0.3) is 32.7 Å². The van der Waals surface area contributed by atoms with Crippen LogP contribution in [0.2, 0.25) is 0 Å². The number of nitrogens with one attached hydrogen (secondary N) is 1. The second kappa shape index (κ2) is 7.83. The van der Waals surface area contributed by atoms with Crippen molar-refractivity contribution in [3.63, 3.8) is 0 Å². The highest BCUT2D eigenvalue weighted by atomic mass is 32.2. The molecule has 0 unspecified atom stereocenters. The van der Waals surface area contributed by atoms with Crippen LogP contribution in [-0.2, 0) is 10.0 Å². The molecule has 0 spiro atoms. The van der Waals surface area contributed by atoms with Crippen LogP contribution in [0, 0.1) is 6.92 Å². The summed E-state index contributed by atoms with van der Waals surface area (Å²) in [5, 5.41) is 24.6. The quantitative estimate of drug-likeness (QED) is 0.282. The molecule has 0 fully saturated rings. The lowest BCUT2D eigenvalue weighted by atomic mass is 9.93. The summed E-state index contributed by atoms with van der Waals surface area (Å²) in [6, 6.07) is 26.1. The van der Waals surface area contributed by atoms with E-state index in [0.29, 0.717) is 27.6 Å². The molecule has 33 heavy (non-hydrogen) atoms. The topological polar surface area (TPSA) is 86.6 Å². The van der Waals surface area contributed by atoms with Gasteiger partial charge in [0, 0.05) is 21.9 Å². The Morgan fingerprint density at radius 1 is 0.727 bits per heavy atom. The van der Waals surface area contributed by atoms with Gasteiger partial charge in [-0.15, -0.1) is 0 Å². The summed E-state index contributed by atoms with van der Waals surface area (Å²) in [5.41, 5.74) is 2.04. The van der Waals surface area contributed by atoms with Crippen LogP contribution in [0.15, 0.2) is 95.9 Å². The summed E-state index contributed by atoms with van der Waals surface area (Å²) in [7, 11) is -3.88. The molecule has 0 bridgehead atoms. The third-order valence-electron chi connectivity index (χ3n) is 5.77. The first kappa shape index (κ1) is 20.8. The minimum absolute atomic E-state index is 0.00776. The predicted molar refractivity (Wildman–Crippen MR) is 132 cm³/mol. The molecule has 0 aromatic heterocycles. The lowest BCUT2D eigenvalue weighted by Crippen LogP contribution is -2.13. The van der Waals surface area contributed by atoms with E-state index in [1.807, 2.05) is 31.2 Å². The van der Waals surface area contributed by atoms with Gasteiger partial charge in [0.2, 0.25) is 0 Å². The Morgan fingerprint density at radius 3 is 2.09 bits per heavy atom. The molecule has 0 heterocycles. The van der Waals surface area contributed by atoms with Gasteiger partial charge in [-0.1, -0.05) is 72.3 Å². The maximum absolute atomic E-state index is 13.1. The van der Waals surface area contributed by atoms with Crippen molar-refractivity contribution in [3.8, 4) is 22.6 Å². The molecule has 5 nitrogen and oxygen atoms in total. The summed E-state index contributed by atoms with van der Waals surface area (Å²) >= 11 is 0. The molecule has 3 N–H and O–H groups in total. The third-order valence-corrected chi connectivity index (χ3v) is 7.15. The van der Waals surface area contributed by atoms with Gasteiger partial charge in [0.05, 0.1) is 10.6 Å². The number of anilines is 1. The molecule has 0 radical (unpaired) electrons. The number of phenols is 2. The van der Waals surface area contributed by atoms with Gasteiger partial charge in [-0.05, 0) is 42.0 Å². The van der Waals surface area contributed by atoms with Crippen molar-refractivity contribution in [2.24, 2.45) is 0 Å². The van der Waals surface area contributed by atoms with Gasteiger partial charge in [0.25, 0.3) is 10.0 Å². The number of fused-ring (bicyclic) bond motifs is 2. The van der Waals surface area contributed by atoms with Crippen molar-refractivity contribution in [3.05, 3.63) is 96.6 Å². The van der Waals surface area contributed by atoms with E-state index in [9.17, 15) is 18.6 Å². The Kier molecular flexibility index (Phi) is 4.95. The highest BCUT2D eigenvalue weighted by Gasteiger charge is 2.21. The average molecular weight is 456 g/mol. The minimum atomic E-state index is -3.88. The van der Waals surface area contributed by atoms with E-state index < -0.39 is 10.0 Å². The molecule has 0 atom stereocenters. The second-order valence-electron chi connectivity index (χ2n) is 7.97. The number of hydrogen-bond donors (Lipinski definition) is 3. The van der Waals surface area contributed by atoms with E-state index in [2.05, 4.69) is 4.72 Å². The van der Waals surface area contributed by atoms with Crippen LogP contribution in [0.1, 0.15) is 5.56 Å². The van der Waals surface area contributed by atoms with Crippen LogP contribution < -0.4 is 4.72 Å². The van der Waals surface area contributed by atoms with Crippen molar-refractivity contribution >= 4 is 37.3 Å². The normalized spacial score (nSPS) is 11.7. The summed E-state index contributed by atoms with van der Waals surface area (Å²) < 4.78 is 29.0. The van der Waals surface area contributed by atoms with Gasteiger partial charge >= 0.3 is 0 Å². The maximum Gasteiger partial charge on any atom is 0.261 e. The lowest BCUT2D eigenvalue weighted by Gasteiger charge is -2.17. The molecular formula is C27H21NO4S. The van der Waals surface area contributed by atoms with Crippen LogP contribution in [0.3, 0.4) is 0 Å². The zero-order chi connectivity index (χ0) is 23.2. The van der Waals surface area contributed by atoms with E-state index in [-0.39, 0.29) is 16.4 Å². The van der Waals surface area contributed by atoms with Crippen molar-refractivity contribution in [1.82, 2.24) is 0 Å². The van der Waals surface area contributed by atoms with E-state index in [4.69, 9.17) is 0 Å². The number of benzene rings is 5. The number of phenolic OH excluding ortho intramolecular Hbond substituents is 2. The summed E-state index contributed by atoms with van der Waals surface area (Å²) in [6.45, 7) is 1.89. The molecule has 5 aromatic rings. The Bertz CT molecular complexity index is 1620. The Morgan fingerprint density at radius 2 is 1.36 bits per heavy atom. The maximum atomic E-state index is 13.1. The van der Waals surface area contributed by atoms with E-state index in [0.717, 1.165) is 16.3 Å². The fourth-order valence-corrected chi connectivity index (χ4v) is 5.17. The molecule has 164 valence electrons. The zero-order valence-corrected chi connectivity index (χ0v) is 18.6. The van der Waals surface area contributed by atoms with E-state index in [1.165, 1.54) is 0 Å². The first-order valence-electron chi connectivity index (χ1n) is 10.4. The third kappa shape index (κ3) is 3.64. The average Bonchev–Trinajstić information content (AvgIpc) is 2.81. The van der Waals surface area contributed by atoms with Gasteiger partial charge < -0.3 is 10.2 Å². The molecule has 5 aromatic carbocycles.